The summed E-state index contributed by atoms with van der Waals surface area (Å²) in [6.45, 7) is 11.0. The van der Waals surface area contributed by atoms with Crippen LogP contribution < -0.4 is 0 Å². The molecule has 0 N–H and O–H groups in total. The second kappa shape index (κ2) is 20.5. The van der Waals surface area contributed by atoms with E-state index in [2.05, 4.69) is 20.8 Å². The molecule has 0 aromatic heterocycles. The molecule has 0 aliphatic heterocycles. The summed E-state index contributed by atoms with van der Waals surface area (Å²) < 4.78 is 11.1. The van der Waals surface area contributed by atoms with E-state index in [-0.39, 0.29) is 0 Å². The number of rotatable bonds is 22. The van der Waals surface area contributed by atoms with Gasteiger partial charge in [-0.15, -0.1) is 0 Å². The summed E-state index contributed by atoms with van der Waals surface area (Å²) in [5, 5.41) is 0. The Kier molecular flexibility index (Phi) is 19.9. The van der Waals surface area contributed by atoms with Gasteiger partial charge in [-0.1, -0.05) is 125 Å². The molecule has 4 nitrogen and oxygen atoms in total. The molecule has 0 aliphatic carbocycles. The second-order valence-corrected chi connectivity index (χ2v) is 9.45. The number of carbonyl (C=O) groups excluding carboxylic acids is 2. The van der Waals surface area contributed by atoms with Gasteiger partial charge < -0.3 is 9.47 Å². The molecule has 0 heterocycles. The van der Waals surface area contributed by atoms with Crippen LogP contribution in [0.15, 0.2) is 0 Å². The zero-order valence-corrected chi connectivity index (χ0v) is 22.1. The summed E-state index contributed by atoms with van der Waals surface area (Å²) in [7, 11) is 0. The van der Waals surface area contributed by atoms with Crippen molar-refractivity contribution in [1.29, 1.82) is 0 Å². The Labute approximate surface area is 199 Å². The SMILES string of the molecule is CCCCCCCCCCCCCCCOC(=O)C(CC)(CC)C(=O)OCC(CC)CC. The van der Waals surface area contributed by atoms with Gasteiger partial charge >= 0.3 is 11.9 Å². The van der Waals surface area contributed by atoms with Crippen LogP contribution in [0, 0.1) is 11.3 Å². The summed E-state index contributed by atoms with van der Waals surface area (Å²) in [5.41, 5.74) is -1.15. The molecule has 0 saturated carbocycles. The average molecular weight is 455 g/mol. The summed E-state index contributed by atoms with van der Waals surface area (Å²) in [6.07, 6.45) is 19.5. The van der Waals surface area contributed by atoms with E-state index in [0.29, 0.717) is 32.0 Å². The van der Waals surface area contributed by atoms with Crippen LogP contribution >= 0.6 is 0 Å². The van der Waals surface area contributed by atoms with Gasteiger partial charge in [0.05, 0.1) is 13.2 Å². The molecule has 0 aromatic carbocycles. The largest absolute Gasteiger partial charge is 0.465 e. The molecular weight excluding hydrogens is 400 g/mol. The smallest absolute Gasteiger partial charge is 0.323 e. The molecule has 0 spiro atoms. The van der Waals surface area contributed by atoms with Gasteiger partial charge in [0.2, 0.25) is 0 Å². The first kappa shape index (κ1) is 30.9. The number of esters is 2. The maximum Gasteiger partial charge on any atom is 0.323 e. The molecule has 0 aromatic rings. The Balaban J connectivity index is 3.97. The van der Waals surface area contributed by atoms with Crippen molar-refractivity contribution in [1.82, 2.24) is 0 Å². The van der Waals surface area contributed by atoms with Crippen LogP contribution in [0.2, 0.25) is 0 Å². The van der Waals surface area contributed by atoms with Crippen molar-refractivity contribution in [3.05, 3.63) is 0 Å². The first-order valence-corrected chi connectivity index (χ1v) is 13.9. The normalized spacial score (nSPS) is 11.7. The fraction of sp³-hybridized carbons (Fsp3) is 0.929. The standard InChI is InChI=1S/C28H54O4/c1-6-11-12-13-14-15-16-17-18-19-20-21-22-23-31-26(29)28(9-4,10-5)27(30)32-24-25(7-2)8-3/h25H,6-24H2,1-5H3. The third-order valence-electron chi connectivity index (χ3n) is 7.07. The highest BCUT2D eigenvalue weighted by atomic mass is 16.6. The van der Waals surface area contributed by atoms with E-state index >= 15 is 0 Å². The van der Waals surface area contributed by atoms with Gasteiger partial charge in [-0.2, -0.15) is 0 Å². The molecular formula is C28H54O4. The predicted molar refractivity (Wildman–Crippen MR) is 135 cm³/mol. The van der Waals surface area contributed by atoms with Crippen molar-refractivity contribution in [2.45, 2.75) is 144 Å². The van der Waals surface area contributed by atoms with Crippen molar-refractivity contribution in [3.63, 3.8) is 0 Å². The minimum atomic E-state index is -1.15. The number of carbonyl (C=O) groups is 2. The molecule has 32 heavy (non-hydrogen) atoms. The fourth-order valence-corrected chi connectivity index (χ4v) is 4.19. The monoisotopic (exact) mass is 454 g/mol. The van der Waals surface area contributed by atoms with Crippen molar-refractivity contribution in [2.75, 3.05) is 13.2 Å². The quantitative estimate of drug-likeness (QED) is 0.0935. The van der Waals surface area contributed by atoms with Gasteiger partial charge in [0.15, 0.2) is 5.41 Å². The molecule has 0 atom stereocenters. The lowest BCUT2D eigenvalue weighted by atomic mass is 9.82. The molecule has 0 aliphatic rings. The van der Waals surface area contributed by atoms with Crippen molar-refractivity contribution in [3.8, 4) is 0 Å². The van der Waals surface area contributed by atoms with Gasteiger partial charge in [0.1, 0.15) is 0 Å². The molecule has 0 saturated heterocycles. The summed E-state index contributed by atoms with van der Waals surface area (Å²) in [4.78, 5) is 25.5. The van der Waals surface area contributed by atoms with E-state index in [1.54, 1.807) is 0 Å². The van der Waals surface area contributed by atoms with E-state index in [1.165, 1.54) is 70.6 Å². The molecule has 0 fully saturated rings. The lowest BCUT2D eigenvalue weighted by molar-refractivity contribution is -0.174. The van der Waals surface area contributed by atoms with Gasteiger partial charge in [0, 0.05) is 0 Å². The topological polar surface area (TPSA) is 52.6 Å². The van der Waals surface area contributed by atoms with Gasteiger partial charge in [-0.25, -0.2) is 0 Å². The molecule has 0 radical (unpaired) electrons. The van der Waals surface area contributed by atoms with Crippen LogP contribution in [-0.4, -0.2) is 25.2 Å². The maximum atomic E-state index is 12.7. The van der Waals surface area contributed by atoms with Crippen molar-refractivity contribution >= 4 is 11.9 Å². The van der Waals surface area contributed by atoms with Crippen LogP contribution in [0.4, 0.5) is 0 Å². The Bertz CT molecular complexity index is 452. The lowest BCUT2D eigenvalue weighted by Gasteiger charge is -2.27. The predicted octanol–water partition coefficient (Wildman–Crippen LogP) is 8.41. The first-order valence-electron chi connectivity index (χ1n) is 13.9. The number of ether oxygens (including phenoxy) is 2. The zero-order valence-electron chi connectivity index (χ0n) is 22.1. The van der Waals surface area contributed by atoms with Gasteiger partial charge in [-0.3, -0.25) is 9.59 Å². The minimum absolute atomic E-state index is 0.354. The van der Waals surface area contributed by atoms with Gasteiger partial charge in [-0.05, 0) is 25.2 Å². The number of hydrogen-bond donors (Lipinski definition) is 0. The van der Waals surface area contributed by atoms with Crippen LogP contribution in [0.3, 0.4) is 0 Å². The Morgan fingerprint density at radius 1 is 0.594 bits per heavy atom. The first-order chi connectivity index (χ1) is 15.5. The van der Waals surface area contributed by atoms with Crippen molar-refractivity contribution in [2.24, 2.45) is 11.3 Å². The third kappa shape index (κ3) is 12.8. The molecule has 0 rings (SSSR count). The van der Waals surface area contributed by atoms with Crippen LogP contribution in [-0.2, 0) is 19.1 Å². The summed E-state index contributed by atoms with van der Waals surface area (Å²) in [6, 6.07) is 0. The zero-order chi connectivity index (χ0) is 24.1. The molecule has 190 valence electrons. The van der Waals surface area contributed by atoms with Gasteiger partial charge in [0.25, 0.3) is 0 Å². The minimum Gasteiger partial charge on any atom is -0.465 e. The van der Waals surface area contributed by atoms with Crippen LogP contribution in [0.1, 0.15) is 144 Å². The third-order valence-corrected chi connectivity index (χ3v) is 7.07. The van der Waals surface area contributed by atoms with Crippen molar-refractivity contribution < 1.29 is 19.1 Å². The molecule has 0 bridgehead atoms. The van der Waals surface area contributed by atoms with E-state index in [9.17, 15) is 9.59 Å². The highest BCUT2D eigenvalue weighted by Crippen LogP contribution is 2.30. The fourth-order valence-electron chi connectivity index (χ4n) is 4.19. The summed E-state index contributed by atoms with van der Waals surface area (Å²) >= 11 is 0. The summed E-state index contributed by atoms with van der Waals surface area (Å²) in [5.74, 6) is -0.465. The van der Waals surface area contributed by atoms with Crippen LogP contribution in [0.5, 0.6) is 0 Å². The lowest BCUT2D eigenvalue weighted by Crippen LogP contribution is -2.41. The molecule has 0 amide bonds. The van der Waals surface area contributed by atoms with E-state index in [4.69, 9.17) is 9.47 Å². The van der Waals surface area contributed by atoms with E-state index < -0.39 is 17.4 Å². The maximum absolute atomic E-state index is 12.7. The second-order valence-electron chi connectivity index (χ2n) is 9.45. The molecule has 4 heteroatoms. The Hall–Kier alpha value is -1.06. The number of unbranched alkanes of at least 4 members (excludes halogenated alkanes) is 12. The van der Waals surface area contributed by atoms with E-state index in [1.807, 2.05) is 13.8 Å². The highest BCUT2D eigenvalue weighted by molar-refractivity contribution is 6.00. The number of hydrogen-bond acceptors (Lipinski definition) is 4. The van der Waals surface area contributed by atoms with E-state index in [0.717, 1.165) is 25.7 Å². The highest BCUT2D eigenvalue weighted by Gasteiger charge is 2.46. The Morgan fingerprint density at radius 3 is 1.41 bits per heavy atom. The van der Waals surface area contributed by atoms with Crippen LogP contribution in [0.25, 0.3) is 0 Å². The average Bonchev–Trinajstić information content (AvgIpc) is 2.81. The molecule has 0 unspecified atom stereocenters. The Morgan fingerprint density at radius 2 is 1.00 bits per heavy atom.